The van der Waals surface area contributed by atoms with E-state index >= 15 is 0 Å². The van der Waals surface area contributed by atoms with Gasteiger partial charge < -0.3 is 57.2 Å². The maximum absolute atomic E-state index is 14.5. The summed E-state index contributed by atoms with van der Waals surface area (Å²) in [4.78, 5) is 166. The second-order valence-corrected chi connectivity index (χ2v) is 35.0. The predicted octanol–water partition coefficient (Wildman–Crippen LogP) is 7.22. The molecule has 0 radical (unpaired) electrons. The summed E-state index contributed by atoms with van der Waals surface area (Å²) in [6.07, 6.45) is 9.23. The Kier molecular flexibility index (Phi) is 25.6. The van der Waals surface area contributed by atoms with E-state index in [-0.39, 0.29) is 113 Å². The Labute approximate surface area is 614 Å². The van der Waals surface area contributed by atoms with Gasteiger partial charge in [0, 0.05) is 63.5 Å². The highest BCUT2D eigenvalue weighted by Crippen LogP contribution is 2.66. The molecule has 25 heteroatoms. The lowest BCUT2D eigenvalue weighted by Gasteiger charge is -2.39. The van der Waals surface area contributed by atoms with Crippen molar-refractivity contribution in [1.82, 2.24) is 51.5 Å². The first-order chi connectivity index (χ1) is 47.5. The van der Waals surface area contributed by atoms with Crippen molar-refractivity contribution >= 4 is 83.3 Å². The van der Waals surface area contributed by atoms with E-state index in [1.807, 2.05) is 132 Å². The van der Waals surface area contributed by atoms with E-state index in [0.717, 1.165) is 42.4 Å². The van der Waals surface area contributed by atoms with Gasteiger partial charge in [0.1, 0.15) is 18.1 Å². The third-order valence-corrected chi connectivity index (χ3v) is 22.3. The molecule has 10 rings (SSSR count). The molecular weight excluding hydrogens is 1330 g/mol. The number of carbonyl (C=O) groups excluding carboxylic acids is 12. The molecule has 2 saturated heterocycles. The molecule has 8 aliphatic rings. The number of Topliss-reactive ketones (excluding diaryl/α,β-unsaturated/α-hetero) is 2. The first-order valence-corrected chi connectivity index (χ1v) is 36.2. The fourth-order valence-corrected chi connectivity index (χ4v) is 15.0. The molecule has 2 aromatic carbocycles. The predicted molar refractivity (Wildman–Crippen MR) is 394 cm³/mol. The molecule has 0 aromatic heterocycles. The quantitative estimate of drug-likeness (QED) is 0.0224. The zero-order valence-electron chi connectivity index (χ0n) is 63.3. The number of piperidine rings is 2. The third-order valence-electron chi connectivity index (χ3n) is 22.3. The Bertz CT molecular complexity index is 3640. The summed E-state index contributed by atoms with van der Waals surface area (Å²) >= 11 is 0. The van der Waals surface area contributed by atoms with Crippen LogP contribution in [-0.4, -0.2) is 178 Å². The molecule has 103 heavy (non-hydrogen) atoms. The monoisotopic (exact) mass is 1440 g/mol. The van der Waals surface area contributed by atoms with E-state index in [2.05, 4.69) is 77.7 Å². The van der Waals surface area contributed by atoms with E-state index < -0.39 is 93.9 Å². The van der Waals surface area contributed by atoms with Gasteiger partial charge in [-0.3, -0.25) is 47.9 Å². The van der Waals surface area contributed by atoms with Gasteiger partial charge in [-0.2, -0.15) is 0 Å². The van der Waals surface area contributed by atoms with Crippen LogP contribution in [0.15, 0.2) is 78.8 Å². The minimum Gasteiger partial charge on any atom is -0.346 e. The number of likely N-dealkylation sites (tertiary alicyclic amines) is 2. The number of carbonyl (C=O) groups is 11. The van der Waals surface area contributed by atoms with Crippen molar-refractivity contribution in [2.45, 2.75) is 211 Å². The number of fused-ring (bicyclic) bond motifs is 4. The van der Waals surface area contributed by atoms with Crippen LogP contribution in [0.5, 0.6) is 0 Å². The number of rotatable bonds is 25. The van der Waals surface area contributed by atoms with Crippen molar-refractivity contribution < 1.29 is 57.5 Å². The summed E-state index contributed by atoms with van der Waals surface area (Å²) in [6, 6.07) is 8.73. The zero-order valence-corrected chi connectivity index (χ0v) is 64.1. The van der Waals surface area contributed by atoms with Crippen LogP contribution in [0.4, 0.5) is 4.79 Å². The molecule has 4 heterocycles. The molecule has 564 valence electrons. The Morgan fingerprint density at radius 1 is 0.583 bits per heavy atom. The number of isocyanates is 1. The highest BCUT2D eigenvalue weighted by atomic mass is 35.5. The van der Waals surface area contributed by atoms with Crippen LogP contribution >= 0.6 is 12.4 Å². The molecule has 10 amide bonds. The van der Waals surface area contributed by atoms with Crippen LogP contribution in [0, 0.1) is 68.0 Å². The second-order valence-electron chi connectivity index (χ2n) is 35.0. The summed E-state index contributed by atoms with van der Waals surface area (Å²) in [5, 5.41) is 16.7. The van der Waals surface area contributed by atoms with E-state index in [4.69, 9.17) is 5.73 Å². The number of urea groups is 1. The summed E-state index contributed by atoms with van der Waals surface area (Å²) in [5.74, 6) is -3.61. The molecule has 24 nitrogen and oxygen atoms in total. The molecule has 12 atom stereocenters. The van der Waals surface area contributed by atoms with Crippen molar-refractivity contribution in [2.75, 3.05) is 39.3 Å². The highest BCUT2D eigenvalue weighted by Gasteiger charge is 2.71. The maximum atomic E-state index is 14.5. The number of nitrogens with zero attached hydrogens (tertiary/aromatic N) is 5. The Hall–Kier alpha value is -8.08. The molecule has 0 bridgehead atoms. The van der Waals surface area contributed by atoms with Gasteiger partial charge >= 0.3 is 6.03 Å². The Balaban J connectivity index is 0.000000242. The van der Waals surface area contributed by atoms with Crippen molar-refractivity contribution in [3.8, 4) is 0 Å². The number of benzene rings is 2. The van der Waals surface area contributed by atoms with E-state index in [9.17, 15) is 57.5 Å². The number of nitrogens with one attached hydrogen (secondary N) is 6. The van der Waals surface area contributed by atoms with Gasteiger partial charge in [-0.15, -0.1) is 25.6 Å². The zero-order chi connectivity index (χ0) is 75.7. The van der Waals surface area contributed by atoms with Gasteiger partial charge in [-0.25, -0.2) is 14.6 Å². The summed E-state index contributed by atoms with van der Waals surface area (Å²) < 4.78 is 0. The topological polar surface area (TPSA) is 328 Å². The molecule has 4 saturated carbocycles. The van der Waals surface area contributed by atoms with Crippen LogP contribution in [0.3, 0.4) is 0 Å². The Morgan fingerprint density at radius 3 is 1.35 bits per heavy atom. The number of amides is 10. The van der Waals surface area contributed by atoms with Crippen LogP contribution in [0.25, 0.3) is 0 Å². The van der Waals surface area contributed by atoms with Crippen LogP contribution < -0.4 is 37.6 Å². The van der Waals surface area contributed by atoms with Crippen molar-refractivity contribution in [3.05, 3.63) is 96.1 Å². The molecule has 2 aromatic rings. The average Bonchev–Trinajstić information content (AvgIpc) is 1.53. The number of hydrogen-bond acceptors (Lipinski definition) is 14. The van der Waals surface area contributed by atoms with Gasteiger partial charge in [0.05, 0.1) is 30.2 Å². The lowest BCUT2D eigenvalue weighted by atomic mass is 9.85. The normalized spacial score (nSPS) is 23.3. The van der Waals surface area contributed by atoms with E-state index in [1.165, 1.54) is 12.2 Å². The first kappa shape index (κ1) is 82.2. The largest absolute Gasteiger partial charge is 0.346 e. The van der Waals surface area contributed by atoms with Gasteiger partial charge in [0.25, 0.3) is 23.6 Å². The summed E-state index contributed by atoms with van der Waals surface area (Å²) in [5.41, 5.74) is 7.64. The third kappa shape index (κ3) is 19.3. The summed E-state index contributed by atoms with van der Waals surface area (Å²) in [6.45, 7) is 41.7. The Morgan fingerprint density at radius 2 is 0.990 bits per heavy atom. The number of halogens is 1. The number of nitrogens with two attached hydrogens (primary N) is 1. The minimum absolute atomic E-state index is 0. The van der Waals surface area contributed by atoms with Gasteiger partial charge in [0.15, 0.2) is 0 Å². The molecule has 4 unspecified atom stereocenters. The van der Waals surface area contributed by atoms with Crippen molar-refractivity contribution in [1.29, 1.82) is 0 Å². The van der Waals surface area contributed by atoms with Gasteiger partial charge in [-0.05, 0) is 104 Å². The van der Waals surface area contributed by atoms with E-state index in [1.54, 1.807) is 25.7 Å². The molecular formula is C78H113ClN12O12. The first-order valence-electron chi connectivity index (χ1n) is 36.2. The fraction of sp³-hybridized carbons (Fsp3) is 0.641. The highest BCUT2D eigenvalue weighted by molar-refractivity contribution is 6.39. The fourth-order valence-electron chi connectivity index (χ4n) is 15.0. The molecule has 4 aliphatic carbocycles. The lowest BCUT2D eigenvalue weighted by molar-refractivity contribution is -0.145. The maximum Gasteiger partial charge on any atom is 0.315 e. The average molecular weight is 1450 g/mol. The van der Waals surface area contributed by atoms with Gasteiger partial charge in [-0.1, -0.05) is 185 Å². The van der Waals surface area contributed by atoms with Crippen molar-refractivity contribution in [2.24, 2.45) is 78.7 Å². The van der Waals surface area contributed by atoms with E-state index in [0.29, 0.717) is 57.0 Å². The lowest BCUT2D eigenvalue weighted by Crippen LogP contribution is -2.62. The molecule has 0 spiro atoms. The number of ketones is 2. The minimum atomic E-state index is -1.00. The van der Waals surface area contributed by atoms with Crippen LogP contribution in [-0.2, 0) is 56.2 Å². The number of hydrogen-bond donors (Lipinski definition) is 7. The van der Waals surface area contributed by atoms with Crippen LogP contribution in [0.2, 0.25) is 0 Å². The van der Waals surface area contributed by atoms with Gasteiger partial charge in [0.2, 0.25) is 41.3 Å². The van der Waals surface area contributed by atoms with Crippen LogP contribution in [0.1, 0.15) is 181 Å². The SMILES string of the molecule is C=CCNC(=O)C(=O)C(CC1CC1)NC(=O)C1[C@@H]2[C@H](CN1C(=O)[C@@H](N)C(C)(C)C)C2(C)C.C=CCNC(=O)C(=O)C(CC1CC1)NC(=O)C1[C@@H]2[C@H](CN1C(=O)[C@@H](NC(=O)N[C@H](CN1Cc3ccccc3C1=O)C(C)(C)C)C(C)(C)C)C2(C)C.CC(C)(C)[C@@H](CN1Cc2ccccc2C1=O)N=C=O.Cl. The second kappa shape index (κ2) is 32.1. The molecule has 6 fully saturated rings. The smallest absolute Gasteiger partial charge is 0.315 e. The molecule has 8 N–H and O–H groups in total. The standard InChI is InChI=1S/C39H56N6O6.C24H38N4O4.C15H18N2O2.ClH/c1-10-17-40-33(48)30(46)26(18-22-15-16-22)41-32(47)29-28-25(39(28,8)9)20-45(29)35(50)31(38(5,6)7)43-36(51)42-27(37(2,3)4)21-44-19-23-13-11-12-14-24(23)34(44)49;1-7-10-26-21(31)18(29)15(11-13-8-9-13)27-20(30)17-16-14(24(16,5)6)12-28(17)22(32)19(25)23(2,3)4;1-15(2,3)13(16-10-18)9-17-8-11-6-4-5-7-12(11)14(17)19;/h10-14,22,25-29,31H,1,15-21H2,2-9H3,(H,40,48)(H,41,47)(H2,42,43,51);7,13-17,19H,1,8-12,25H2,2-6H3,(H,26,31)(H,27,30);4-7,13H,8-9H2,1-3H3;1H/t25-,26?,27+,28-,29?,31+;14-,15?,16-,17?,19+;13-;/m001./s1. The number of aliphatic imine (C=N–C) groups is 1. The summed E-state index contributed by atoms with van der Waals surface area (Å²) in [7, 11) is 0. The van der Waals surface area contributed by atoms with Crippen molar-refractivity contribution in [3.63, 3.8) is 0 Å². The molecule has 4 aliphatic heterocycles.